The molecule has 4 heteroatoms. The molecule has 0 aromatic heterocycles. The Bertz CT molecular complexity index is 104. The lowest BCUT2D eigenvalue weighted by molar-refractivity contribution is 0.540. The van der Waals surface area contributed by atoms with Crippen LogP contribution in [-0.4, -0.2) is 6.54 Å². The number of rotatable bonds is 6. The van der Waals surface area contributed by atoms with Crippen LogP contribution in [0, 0.1) is 5.92 Å². The molecule has 66 valence electrons. The standard InChI is InChI=1S/C7H17N3S/c1-7(2)5-3-4-6-9-10-11-8/h7H,3-6,8H2,1-2H3/b10-9-. The first-order valence-corrected chi connectivity index (χ1v) is 4.83. The zero-order valence-corrected chi connectivity index (χ0v) is 8.10. The molecule has 0 rings (SSSR count). The molecular formula is C7H17N3S. The molecule has 3 nitrogen and oxygen atoms in total. The lowest BCUT2D eigenvalue weighted by Gasteiger charge is -2.00. The molecule has 0 aliphatic heterocycles. The van der Waals surface area contributed by atoms with Gasteiger partial charge in [0.1, 0.15) is 0 Å². The van der Waals surface area contributed by atoms with E-state index in [4.69, 9.17) is 5.14 Å². The zero-order chi connectivity index (χ0) is 8.53. The summed E-state index contributed by atoms with van der Waals surface area (Å²) in [6.07, 6.45) is 3.65. The van der Waals surface area contributed by atoms with Crippen molar-refractivity contribution in [3.05, 3.63) is 0 Å². The highest BCUT2D eigenvalue weighted by Gasteiger charge is 1.92. The normalized spacial score (nSPS) is 11.6. The first-order valence-electron chi connectivity index (χ1n) is 4.00. The van der Waals surface area contributed by atoms with E-state index in [1.54, 1.807) is 0 Å². The van der Waals surface area contributed by atoms with Gasteiger partial charge in [0, 0.05) is 0 Å². The Labute approximate surface area is 73.1 Å². The van der Waals surface area contributed by atoms with E-state index >= 15 is 0 Å². The van der Waals surface area contributed by atoms with Crippen LogP contribution in [0.5, 0.6) is 0 Å². The maximum absolute atomic E-state index is 5.05. The van der Waals surface area contributed by atoms with Crippen LogP contribution >= 0.6 is 12.1 Å². The Morgan fingerprint density at radius 1 is 1.36 bits per heavy atom. The van der Waals surface area contributed by atoms with E-state index in [2.05, 4.69) is 23.5 Å². The van der Waals surface area contributed by atoms with Crippen LogP contribution < -0.4 is 5.14 Å². The van der Waals surface area contributed by atoms with E-state index in [1.165, 1.54) is 12.8 Å². The summed E-state index contributed by atoms with van der Waals surface area (Å²) in [5.74, 6) is 0.802. The lowest BCUT2D eigenvalue weighted by Crippen LogP contribution is -1.88. The Morgan fingerprint density at radius 3 is 2.64 bits per heavy atom. The molecule has 0 aromatic carbocycles. The zero-order valence-electron chi connectivity index (χ0n) is 7.29. The van der Waals surface area contributed by atoms with Crippen molar-refractivity contribution in [3.8, 4) is 0 Å². The molecule has 0 aromatic rings. The quantitative estimate of drug-likeness (QED) is 0.383. The fourth-order valence-electron chi connectivity index (χ4n) is 0.809. The van der Waals surface area contributed by atoms with Crippen LogP contribution in [0.15, 0.2) is 9.63 Å². The summed E-state index contributed by atoms with van der Waals surface area (Å²) < 4.78 is 3.61. The SMILES string of the molecule is CC(C)CCCC/N=N\SN. The number of hydrogen-bond acceptors (Lipinski definition) is 4. The highest BCUT2D eigenvalue weighted by molar-refractivity contribution is 7.95. The highest BCUT2D eigenvalue weighted by Crippen LogP contribution is 2.06. The van der Waals surface area contributed by atoms with Crippen molar-refractivity contribution in [1.29, 1.82) is 0 Å². The molecule has 0 saturated carbocycles. The summed E-state index contributed by atoms with van der Waals surface area (Å²) in [5, 5.41) is 8.90. The summed E-state index contributed by atoms with van der Waals surface area (Å²) in [5.41, 5.74) is 0. The van der Waals surface area contributed by atoms with Gasteiger partial charge in [0.25, 0.3) is 0 Å². The minimum absolute atomic E-state index is 0.802. The Balaban J connectivity index is 2.96. The van der Waals surface area contributed by atoms with Crippen LogP contribution in [0.25, 0.3) is 0 Å². The number of nitrogens with two attached hydrogens (primary N) is 1. The van der Waals surface area contributed by atoms with E-state index in [0.717, 1.165) is 31.0 Å². The van der Waals surface area contributed by atoms with Gasteiger partial charge < -0.3 is 0 Å². The summed E-state index contributed by atoms with van der Waals surface area (Å²) in [4.78, 5) is 0. The molecule has 0 bridgehead atoms. The van der Waals surface area contributed by atoms with Gasteiger partial charge in [0.2, 0.25) is 0 Å². The molecule has 0 heterocycles. The van der Waals surface area contributed by atoms with Crippen molar-refractivity contribution in [1.82, 2.24) is 0 Å². The molecule has 0 amide bonds. The molecule has 11 heavy (non-hydrogen) atoms. The van der Waals surface area contributed by atoms with Gasteiger partial charge in [0.15, 0.2) is 0 Å². The summed E-state index contributed by atoms with van der Waals surface area (Å²) in [6.45, 7) is 5.28. The molecule has 0 aliphatic carbocycles. The van der Waals surface area contributed by atoms with Crippen molar-refractivity contribution in [2.45, 2.75) is 33.1 Å². The van der Waals surface area contributed by atoms with Crippen molar-refractivity contribution in [3.63, 3.8) is 0 Å². The summed E-state index contributed by atoms with van der Waals surface area (Å²) in [7, 11) is 0. The largest absolute Gasteiger partial charge is 0.256 e. The van der Waals surface area contributed by atoms with Gasteiger partial charge in [-0.25, -0.2) is 0 Å². The minimum Gasteiger partial charge on any atom is -0.256 e. The number of unbranched alkanes of at least 4 members (excludes halogenated alkanes) is 1. The Kier molecular flexibility index (Phi) is 7.95. The van der Waals surface area contributed by atoms with E-state index < -0.39 is 0 Å². The van der Waals surface area contributed by atoms with E-state index in [0.29, 0.717) is 0 Å². The third-order valence-corrected chi connectivity index (χ3v) is 1.60. The summed E-state index contributed by atoms with van der Waals surface area (Å²) in [6, 6.07) is 0. The lowest BCUT2D eigenvalue weighted by atomic mass is 10.1. The molecule has 0 atom stereocenters. The van der Waals surface area contributed by atoms with Gasteiger partial charge in [-0.05, 0) is 12.3 Å². The van der Waals surface area contributed by atoms with Gasteiger partial charge >= 0.3 is 0 Å². The third kappa shape index (κ3) is 9.91. The van der Waals surface area contributed by atoms with Crippen LogP contribution in [0.3, 0.4) is 0 Å². The fraction of sp³-hybridized carbons (Fsp3) is 1.00. The maximum atomic E-state index is 5.05. The van der Waals surface area contributed by atoms with Gasteiger partial charge in [-0.2, -0.15) is 5.11 Å². The van der Waals surface area contributed by atoms with Crippen molar-refractivity contribution in [2.75, 3.05) is 6.54 Å². The first-order chi connectivity index (χ1) is 5.27. The molecule has 0 aliphatic rings. The van der Waals surface area contributed by atoms with Crippen LogP contribution in [-0.2, 0) is 0 Å². The molecule has 0 spiro atoms. The van der Waals surface area contributed by atoms with E-state index in [1.807, 2.05) is 0 Å². The van der Waals surface area contributed by atoms with Crippen LogP contribution in [0.1, 0.15) is 33.1 Å². The van der Waals surface area contributed by atoms with Crippen LogP contribution in [0.4, 0.5) is 0 Å². The second-order valence-corrected chi connectivity index (χ2v) is 3.32. The average molecular weight is 175 g/mol. The number of hydrogen-bond donors (Lipinski definition) is 1. The topological polar surface area (TPSA) is 50.7 Å². The van der Waals surface area contributed by atoms with E-state index in [-0.39, 0.29) is 0 Å². The Hall–Kier alpha value is -0.0900. The summed E-state index contributed by atoms with van der Waals surface area (Å²) >= 11 is 0.924. The fourth-order valence-corrected chi connectivity index (χ4v) is 0.958. The first kappa shape index (κ1) is 10.9. The molecule has 0 radical (unpaired) electrons. The van der Waals surface area contributed by atoms with Crippen molar-refractivity contribution >= 4 is 12.1 Å². The Morgan fingerprint density at radius 2 is 2.09 bits per heavy atom. The van der Waals surface area contributed by atoms with Crippen molar-refractivity contribution < 1.29 is 0 Å². The van der Waals surface area contributed by atoms with Gasteiger partial charge in [-0.3, -0.25) is 5.14 Å². The monoisotopic (exact) mass is 175 g/mol. The van der Waals surface area contributed by atoms with Gasteiger partial charge in [-0.1, -0.05) is 26.7 Å². The smallest absolute Gasteiger partial charge is 0.0792 e. The molecule has 0 unspecified atom stereocenters. The molecule has 0 saturated heterocycles. The molecular weight excluding hydrogens is 158 g/mol. The van der Waals surface area contributed by atoms with Gasteiger partial charge in [-0.15, -0.1) is 4.52 Å². The second kappa shape index (κ2) is 8.01. The minimum atomic E-state index is 0.802. The van der Waals surface area contributed by atoms with Gasteiger partial charge in [0.05, 0.1) is 18.7 Å². The molecule has 2 N–H and O–H groups in total. The van der Waals surface area contributed by atoms with Crippen molar-refractivity contribution in [2.24, 2.45) is 20.7 Å². The highest BCUT2D eigenvalue weighted by atomic mass is 32.2. The number of nitrogens with zero attached hydrogens (tertiary/aromatic N) is 2. The average Bonchev–Trinajstić information content (AvgIpc) is 1.96. The molecule has 0 fully saturated rings. The maximum Gasteiger partial charge on any atom is 0.0792 e. The predicted octanol–water partition coefficient (Wildman–Crippen LogP) is 2.79. The third-order valence-electron chi connectivity index (χ3n) is 1.39. The van der Waals surface area contributed by atoms with E-state index in [9.17, 15) is 0 Å². The second-order valence-electron chi connectivity index (χ2n) is 2.94. The predicted molar refractivity (Wildman–Crippen MR) is 50.2 cm³/mol. The van der Waals surface area contributed by atoms with Crippen LogP contribution in [0.2, 0.25) is 0 Å².